The maximum absolute atomic E-state index is 12.5. The van der Waals surface area contributed by atoms with E-state index in [1.165, 1.54) is 5.56 Å². The normalized spacial score (nSPS) is 14.1. The van der Waals surface area contributed by atoms with Crippen LogP contribution in [0.4, 0.5) is 11.4 Å². The molecule has 0 atom stereocenters. The van der Waals surface area contributed by atoms with Crippen molar-refractivity contribution in [1.29, 1.82) is 0 Å². The van der Waals surface area contributed by atoms with E-state index in [-0.39, 0.29) is 5.91 Å². The van der Waals surface area contributed by atoms with Gasteiger partial charge in [-0.3, -0.25) is 4.79 Å². The van der Waals surface area contributed by atoms with Crippen LogP contribution in [0, 0.1) is 0 Å². The number of carbonyl (C=O) groups excluding carboxylic acids is 1. The smallest absolute Gasteiger partial charge is 0.227 e. The Labute approximate surface area is 123 Å². The van der Waals surface area contributed by atoms with Crippen molar-refractivity contribution in [3.63, 3.8) is 0 Å². The molecular weight excluding hydrogens is 268 g/mol. The van der Waals surface area contributed by atoms with Crippen LogP contribution in [0.15, 0.2) is 35.0 Å². The van der Waals surface area contributed by atoms with E-state index in [0.717, 1.165) is 42.7 Å². The molecule has 0 aliphatic carbocycles. The third-order valence-electron chi connectivity index (χ3n) is 3.80. The summed E-state index contributed by atoms with van der Waals surface area (Å²) in [6.07, 6.45) is 3.34. The number of nitrogens with two attached hydrogens (primary N) is 1. The van der Waals surface area contributed by atoms with Crippen molar-refractivity contribution >= 4 is 28.6 Å². The van der Waals surface area contributed by atoms with Gasteiger partial charge in [-0.1, -0.05) is 6.07 Å². The highest BCUT2D eigenvalue weighted by atomic mass is 32.1. The number of amides is 1. The maximum atomic E-state index is 12.5. The van der Waals surface area contributed by atoms with Crippen molar-refractivity contribution in [1.82, 2.24) is 0 Å². The number of benzene rings is 1. The van der Waals surface area contributed by atoms with E-state index in [1.54, 1.807) is 11.3 Å². The first-order chi connectivity index (χ1) is 9.75. The van der Waals surface area contributed by atoms with Gasteiger partial charge in [0.2, 0.25) is 5.91 Å². The number of thiophene rings is 1. The average Bonchev–Trinajstić information content (AvgIpc) is 2.98. The van der Waals surface area contributed by atoms with Crippen LogP contribution in [0.25, 0.3) is 0 Å². The lowest BCUT2D eigenvalue weighted by Crippen LogP contribution is -2.35. The van der Waals surface area contributed by atoms with Crippen LogP contribution in [-0.4, -0.2) is 12.5 Å². The molecular formula is C16H18N2OS. The highest BCUT2D eigenvalue weighted by molar-refractivity contribution is 7.07. The number of anilines is 2. The summed E-state index contributed by atoms with van der Waals surface area (Å²) in [5.74, 6) is 0.197. The van der Waals surface area contributed by atoms with Gasteiger partial charge in [-0.15, -0.1) is 0 Å². The fourth-order valence-corrected chi connectivity index (χ4v) is 3.43. The van der Waals surface area contributed by atoms with E-state index >= 15 is 0 Å². The Kier molecular flexibility index (Phi) is 3.74. The molecule has 2 N–H and O–H groups in total. The second kappa shape index (κ2) is 5.67. The maximum Gasteiger partial charge on any atom is 0.227 e. The average molecular weight is 286 g/mol. The Bertz CT molecular complexity index is 607. The summed E-state index contributed by atoms with van der Waals surface area (Å²) in [6.45, 7) is 0.804. The molecule has 1 amide bonds. The van der Waals surface area contributed by atoms with Gasteiger partial charge in [0.25, 0.3) is 0 Å². The lowest BCUT2D eigenvalue weighted by Gasteiger charge is -2.30. The van der Waals surface area contributed by atoms with Gasteiger partial charge in [0.05, 0.1) is 0 Å². The molecule has 0 saturated carbocycles. The molecule has 0 saturated heterocycles. The van der Waals surface area contributed by atoms with E-state index in [1.807, 2.05) is 23.1 Å². The molecule has 3 nitrogen and oxygen atoms in total. The molecule has 0 bridgehead atoms. The van der Waals surface area contributed by atoms with Crippen LogP contribution in [0.1, 0.15) is 24.0 Å². The molecule has 2 aromatic rings. The van der Waals surface area contributed by atoms with E-state index in [0.29, 0.717) is 6.42 Å². The topological polar surface area (TPSA) is 46.3 Å². The van der Waals surface area contributed by atoms with Gasteiger partial charge in [-0.25, -0.2) is 0 Å². The van der Waals surface area contributed by atoms with Crippen molar-refractivity contribution in [3.8, 4) is 0 Å². The highest BCUT2D eigenvalue weighted by Gasteiger charge is 2.23. The van der Waals surface area contributed by atoms with Gasteiger partial charge >= 0.3 is 0 Å². The largest absolute Gasteiger partial charge is 0.398 e. The summed E-state index contributed by atoms with van der Waals surface area (Å²) in [7, 11) is 0. The monoisotopic (exact) mass is 286 g/mol. The van der Waals surface area contributed by atoms with Crippen molar-refractivity contribution in [3.05, 3.63) is 46.2 Å². The molecule has 20 heavy (non-hydrogen) atoms. The Morgan fingerprint density at radius 3 is 3.05 bits per heavy atom. The van der Waals surface area contributed by atoms with Crippen molar-refractivity contribution in [2.24, 2.45) is 0 Å². The quantitative estimate of drug-likeness (QED) is 0.880. The molecule has 0 spiro atoms. The van der Waals surface area contributed by atoms with Gasteiger partial charge in [0.1, 0.15) is 0 Å². The van der Waals surface area contributed by atoms with Crippen LogP contribution >= 0.6 is 11.3 Å². The van der Waals surface area contributed by atoms with Gasteiger partial charge in [0.15, 0.2) is 0 Å². The zero-order chi connectivity index (χ0) is 13.9. The minimum Gasteiger partial charge on any atom is -0.398 e. The molecule has 1 aromatic carbocycles. The second-order valence-corrected chi connectivity index (χ2v) is 5.91. The Morgan fingerprint density at radius 1 is 1.35 bits per heavy atom. The zero-order valence-electron chi connectivity index (χ0n) is 11.3. The predicted molar refractivity (Wildman–Crippen MR) is 84.2 cm³/mol. The van der Waals surface area contributed by atoms with Gasteiger partial charge in [-0.2, -0.15) is 11.3 Å². The van der Waals surface area contributed by atoms with Crippen molar-refractivity contribution < 1.29 is 4.79 Å². The molecule has 4 heteroatoms. The third kappa shape index (κ3) is 2.56. The van der Waals surface area contributed by atoms with Crippen molar-refractivity contribution in [2.75, 3.05) is 17.2 Å². The fourth-order valence-electron chi connectivity index (χ4n) is 2.73. The number of nitrogens with zero attached hydrogens (tertiary/aromatic N) is 1. The lowest BCUT2D eigenvalue weighted by molar-refractivity contribution is -0.118. The summed E-state index contributed by atoms with van der Waals surface area (Å²) in [5.41, 5.74) is 10.2. The first-order valence-electron chi connectivity index (χ1n) is 6.94. The number of nitrogen functional groups attached to an aromatic ring is 1. The number of aryl methyl sites for hydroxylation is 1. The number of carbonyl (C=O) groups is 1. The molecule has 0 fully saturated rings. The Morgan fingerprint density at radius 2 is 2.25 bits per heavy atom. The van der Waals surface area contributed by atoms with E-state index in [2.05, 4.69) is 16.8 Å². The van der Waals surface area contributed by atoms with Crippen LogP contribution in [0.5, 0.6) is 0 Å². The molecule has 1 aliphatic rings. The number of rotatable bonds is 3. The predicted octanol–water partition coefficient (Wildman–Crippen LogP) is 3.24. The fraction of sp³-hybridized carbons (Fsp3) is 0.312. The number of hydrogen-bond acceptors (Lipinski definition) is 3. The van der Waals surface area contributed by atoms with Crippen LogP contribution in [0.2, 0.25) is 0 Å². The molecule has 3 rings (SSSR count). The second-order valence-electron chi connectivity index (χ2n) is 5.13. The van der Waals surface area contributed by atoms with E-state index in [4.69, 9.17) is 5.73 Å². The summed E-state index contributed by atoms with van der Waals surface area (Å²) >= 11 is 1.68. The lowest BCUT2D eigenvalue weighted by atomic mass is 9.99. The first kappa shape index (κ1) is 13.2. The summed E-state index contributed by atoms with van der Waals surface area (Å²) in [4.78, 5) is 14.4. The summed E-state index contributed by atoms with van der Waals surface area (Å²) < 4.78 is 0. The van der Waals surface area contributed by atoms with Crippen LogP contribution in [0.3, 0.4) is 0 Å². The van der Waals surface area contributed by atoms with Gasteiger partial charge in [-0.05, 0) is 59.3 Å². The molecule has 104 valence electrons. The molecule has 0 radical (unpaired) electrons. The minimum absolute atomic E-state index is 0.197. The summed E-state index contributed by atoms with van der Waals surface area (Å²) in [5, 5.41) is 4.16. The Hall–Kier alpha value is -1.81. The third-order valence-corrected chi connectivity index (χ3v) is 4.53. The molecule has 2 heterocycles. The molecule has 1 aliphatic heterocycles. The molecule has 1 aromatic heterocycles. The SMILES string of the molecule is Nc1cccc2c1CCCN2C(=O)CCc1ccsc1. The minimum atomic E-state index is 0.197. The van der Waals surface area contributed by atoms with E-state index in [9.17, 15) is 4.79 Å². The molecule has 0 unspecified atom stereocenters. The Balaban J connectivity index is 1.75. The van der Waals surface area contributed by atoms with Gasteiger partial charge in [0, 0.05) is 24.3 Å². The standard InChI is InChI=1S/C16H18N2OS/c17-14-4-1-5-15-13(14)3-2-9-18(15)16(19)7-6-12-8-10-20-11-12/h1,4-5,8,10-11H,2-3,6-7,9,17H2. The van der Waals surface area contributed by atoms with Gasteiger partial charge < -0.3 is 10.6 Å². The van der Waals surface area contributed by atoms with Crippen LogP contribution < -0.4 is 10.6 Å². The zero-order valence-corrected chi connectivity index (χ0v) is 12.2. The van der Waals surface area contributed by atoms with Crippen LogP contribution in [-0.2, 0) is 17.6 Å². The first-order valence-corrected chi connectivity index (χ1v) is 7.89. The van der Waals surface area contributed by atoms with E-state index < -0.39 is 0 Å². The number of hydrogen-bond donors (Lipinski definition) is 1. The highest BCUT2D eigenvalue weighted by Crippen LogP contribution is 2.31. The summed E-state index contributed by atoms with van der Waals surface area (Å²) in [6, 6.07) is 7.93. The van der Waals surface area contributed by atoms with Crippen molar-refractivity contribution in [2.45, 2.75) is 25.7 Å². The number of fused-ring (bicyclic) bond motifs is 1.